The first-order chi connectivity index (χ1) is 11.1. The maximum Gasteiger partial charge on any atom is 0.248 e. The molecule has 2 unspecified atom stereocenters. The number of benzene rings is 1. The molecule has 2 heterocycles. The number of ether oxygens (including phenoxy) is 1. The van der Waals surface area contributed by atoms with Crippen LogP contribution in [0.5, 0.6) is 5.75 Å². The number of rotatable bonds is 5. The molecule has 0 aromatic heterocycles. The van der Waals surface area contributed by atoms with Gasteiger partial charge in [0.1, 0.15) is 5.75 Å². The van der Waals surface area contributed by atoms with Crippen molar-refractivity contribution in [3.63, 3.8) is 0 Å². The van der Waals surface area contributed by atoms with E-state index < -0.39 is 5.91 Å². The van der Waals surface area contributed by atoms with Gasteiger partial charge in [-0.1, -0.05) is 0 Å². The van der Waals surface area contributed by atoms with Gasteiger partial charge in [0.05, 0.1) is 13.0 Å². The molecule has 1 aromatic carbocycles. The van der Waals surface area contributed by atoms with Crippen LogP contribution in [0.3, 0.4) is 0 Å². The van der Waals surface area contributed by atoms with Crippen LogP contribution in [-0.4, -0.2) is 48.5 Å². The van der Waals surface area contributed by atoms with Crippen molar-refractivity contribution in [3.8, 4) is 5.75 Å². The third-order valence-electron chi connectivity index (χ3n) is 4.67. The zero-order valence-corrected chi connectivity index (χ0v) is 14.4. The third kappa shape index (κ3) is 4.19. The molecule has 3 rings (SSSR count). The first kappa shape index (κ1) is 18.5. The lowest BCUT2D eigenvalue weighted by molar-refractivity contribution is -0.134. The maximum absolute atomic E-state index is 12.5. The van der Waals surface area contributed by atoms with Gasteiger partial charge < -0.3 is 20.7 Å². The maximum atomic E-state index is 12.5. The molecular weight excluding hydrogens is 330 g/mol. The molecule has 0 spiro atoms. The summed E-state index contributed by atoms with van der Waals surface area (Å²) in [4.78, 5) is 25.6. The first-order valence-electron chi connectivity index (χ1n) is 8.19. The predicted octanol–water partition coefficient (Wildman–Crippen LogP) is 1.33. The van der Waals surface area contributed by atoms with E-state index in [-0.39, 0.29) is 18.3 Å². The van der Waals surface area contributed by atoms with E-state index in [1.807, 2.05) is 0 Å². The summed E-state index contributed by atoms with van der Waals surface area (Å²) in [5, 5.41) is 3.40. The van der Waals surface area contributed by atoms with Crippen molar-refractivity contribution in [1.82, 2.24) is 10.2 Å². The molecule has 0 aliphatic carbocycles. The van der Waals surface area contributed by atoms with Crippen molar-refractivity contribution >= 4 is 24.2 Å². The molecule has 132 valence electrons. The molecule has 2 atom stereocenters. The number of amides is 2. The molecule has 6 nitrogen and oxygen atoms in total. The van der Waals surface area contributed by atoms with Gasteiger partial charge in [0.25, 0.3) is 0 Å². The zero-order chi connectivity index (χ0) is 16.2. The summed E-state index contributed by atoms with van der Waals surface area (Å²) in [6, 6.07) is 7.37. The molecule has 1 aromatic rings. The highest BCUT2D eigenvalue weighted by Gasteiger charge is 2.37. The highest BCUT2D eigenvalue weighted by molar-refractivity contribution is 5.92. The summed E-state index contributed by atoms with van der Waals surface area (Å²) >= 11 is 0. The number of nitrogens with two attached hydrogens (primary N) is 1. The smallest absolute Gasteiger partial charge is 0.248 e. The summed E-state index contributed by atoms with van der Waals surface area (Å²) < 4.78 is 5.61. The Hall–Kier alpha value is -1.79. The normalized spacial score (nSPS) is 22.4. The van der Waals surface area contributed by atoms with Crippen molar-refractivity contribution < 1.29 is 14.3 Å². The SMILES string of the molecule is Cl.NC(=O)c1ccc(OCCC(=O)N2C3CCNCC2CC3)cc1. The van der Waals surface area contributed by atoms with Crippen LogP contribution in [-0.2, 0) is 4.79 Å². The highest BCUT2D eigenvalue weighted by Crippen LogP contribution is 2.28. The van der Waals surface area contributed by atoms with E-state index in [1.165, 1.54) is 0 Å². The molecule has 7 heteroatoms. The van der Waals surface area contributed by atoms with E-state index >= 15 is 0 Å². The number of hydrogen-bond acceptors (Lipinski definition) is 4. The predicted molar refractivity (Wildman–Crippen MR) is 93.5 cm³/mol. The largest absolute Gasteiger partial charge is 0.493 e. The number of hydrogen-bond donors (Lipinski definition) is 2. The summed E-state index contributed by atoms with van der Waals surface area (Å²) in [7, 11) is 0. The van der Waals surface area contributed by atoms with Crippen LogP contribution >= 0.6 is 12.4 Å². The van der Waals surface area contributed by atoms with Crippen molar-refractivity contribution in [2.75, 3.05) is 19.7 Å². The van der Waals surface area contributed by atoms with Crippen molar-refractivity contribution in [2.45, 2.75) is 37.8 Å². The Balaban J connectivity index is 0.00000208. The fourth-order valence-electron chi connectivity index (χ4n) is 3.49. The minimum absolute atomic E-state index is 0. The van der Waals surface area contributed by atoms with Crippen LogP contribution in [0.1, 0.15) is 36.0 Å². The standard InChI is InChI=1S/C17H23N3O3.ClH/c18-17(22)12-1-5-15(6-2-12)23-10-8-16(21)20-13-3-4-14(20)11-19-9-7-13;/h1-2,5-6,13-14,19H,3-4,7-11H2,(H2,18,22);1H. The van der Waals surface area contributed by atoms with Gasteiger partial charge in [-0.3, -0.25) is 9.59 Å². The monoisotopic (exact) mass is 353 g/mol. The lowest BCUT2D eigenvalue weighted by atomic mass is 10.1. The zero-order valence-electron chi connectivity index (χ0n) is 13.6. The van der Waals surface area contributed by atoms with Crippen molar-refractivity contribution in [1.29, 1.82) is 0 Å². The van der Waals surface area contributed by atoms with E-state index in [2.05, 4.69) is 10.2 Å². The molecule has 0 saturated carbocycles. The van der Waals surface area contributed by atoms with E-state index in [0.717, 1.165) is 32.4 Å². The molecular formula is C17H24ClN3O3. The Kier molecular flexibility index (Phi) is 6.45. The minimum atomic E-state index is -0.461. The number of fused-ring (bicyclic) bond motifs is 2. The fraction of sp³-hybridized carbons (Fsp3) is 0.529. The van der Waals surface area contributed by atoms with E-state index in [4.69, 9.17) is 10.5 Å². The number of halogens is 1. The van der Waals surface area contributed by atoms with Crippen LogP contribution in [0.25, 0.3) is 0 Å². The molecule has 3 N–H and O–H groups in total. The Morgan fingerprint density at radius 1 is 1.17 bits per heavy atom. The summed E-state index contributed by atoms with van der Waals surface area (Å²) in [5.41, 5.74) is 5.64. The number of primary amides is 1. The van der Waals surface area contributed by atoms with Gasteiger partial charge in [-0.2, -0.15) is 0 Å². The molecule has 2 aliphatic heterocycles. The Morgan fingerprint density at radius 2 is 1.88 bits per heavy atom. The van der Waals surface area contributed by atoms with Gasteiger partial charge in [-0.15, -0.1) is 12.4 Å². The average molecular weight is 354 g/mol. The van der Waals surface area contributed by atoms with Crippen molar-refractivity contribution in [2.24, 2.45) is 5.73 Å². The van der Waals surface area contributed by atoms with Crippen LogP contribution in [0.2, 0.25) is 0 Å². The summed E-state index contributed by atoms with van der Waals surface area (Å²) in [5.74, 6) is 0.357. The molecule has 2 amide bonds. The fourth-order valence-corrected chi connectivity index (χ4v) is 3.49. The van der Waals surface area contributed by atoms with E-state index in [0.29, 0.717) is 36.4 Å². The molecule has 2 fully saturated rings. The van der Waals surface area contributed by atoms with Gasteiger partial charge in [0, 0.05) is 24.2 Å². The molecule has 2 saturated heterocycles. The molecule has 24 heavy (non-hydrogen) atoms. The third-order valence-corrected chi connectivity index (χ3v) is 4.67. The second-order valence-electron chi connectivity index (χ2n) is 6.17. The van der Waals surface area contributed by atoms with Crippen LogP contribution in [0.15, 0.2) is 24.3 Å². The van der Waals surface area contributed by atoms with Gasteiger partial charge in [0.15, 0.2) is 0 Å². The van der Waals surface area contributed by atoms with Gasteiger partial charge in [-0.05, 0) is 50.1 Å². The highest BCUT2D eigenvalue weighted by atomic mass is 35.5. The Morgan fingerprint density at radius 3 is 2.58 bits per heavy atom. The lowest BCUT2D eigenvalue weighted by Gasteiger charge is -2.28. The molecule has 0 radical (unpaired) electrons. The van der Waals surface area contributed by atoms with Crippen LogP contribution in [0, 0.1) is 0 Å². The minimum Gasteiger partial charge on any atom is -0.493 e. The van der Waals surface area contributed by atoms with Gasteiger partial charge in [-0.25, -0.2) is 0 Å². The Labute approximate surface area is 148 Å². The summed E-state index contributed by atoms with van der Waals surface area (Å²) in [6.07, 6.45) is 3.63. The number of carbonyl (C=O) groups is 2. The van der Waals surface area contributed by atoms with Crippen LogP contribution < -0.4 is 15.8 Å². The quantitative estimate of drug-likeness (QED) is 0.836. The van der Waals surface area contributed by atoms with Gasteiger partial charge >= 0.3 is 0 Å². The van der Waals surface area contributed by atoms with E-state index in [9.17, 15) is 9.59 Å². The van der Waals surface area contributed by atoms with Crippen molar-refractivity contribution in [3.05, 3.63) is 29.8 Å². The number of carbonyl (C=O) groups excluding carboxylic acids is 2. The number of nitrogens with zero attached hydrogens (tertiary/aromatic N) is 1. The molecule has 2 bridgehead atoms. The first-order valence-corrected chi connectivity index (χ1v) is 8.19. The number of nitrogens with one attached hydrogen (secondary N) is 1. The average Bonchev–Trinajstić information content (AvgIpc) is 2.80. The second kappa shape index (κ2) is 8.35. The second-order valence-corrected chi connectivity index (χ2v) is 6.17. The van der Waals surface area contributed by atoms with E-state index in [1.54, 1.807) is 24.3 Å². The topological polar surface area (TPSA) is 84.7 Å². The van der Waals surface area contributed by atoms with Crippen LogP contribution in [0.4, 0.5) is 0 Å². The molecule has 2 aliphatic rings. The Bertz CT molecular complexity index is 565. The lowest BCUT2D eigenvalue weighted by Crippen LogP contribution is -2.42. The van der Waals surface area contributed by atoms with Gasteiger partial charge in [0.2, 0.25) is 11.8 Å². The summed E-state index contributed by atoms with van der Waals surface area (Å²) in [6.45, 7) is 2.24.